The van der Waals surface area contributed by atoms with E-state index in [9.17, 15) is 13.6 Å². The van der Waals surface area contributed by atoms with Crippen LogP contribution in [0.4, 0.5) is 20.4 Å². The fourth-order valence-corrected chi connectivity index (χ4v) is 2.90. The smallest absolute Gasteiger partial charge is 0.256 e. The SMILES string of the molecule is Cc1nc(N(C)C)cc(N2CCN(C(=O)c3ccc(F)cc3F)CC2)n1. The molecule has 1 aliphatic rings. The largest absolute Gasteiger partial charge is 0.363 e. The third kappa shape index (κ3) is 3.74. The molecule has 8 heteroatoms. The van der Waals surface area contributed by atoms with Crippen LogP contribution in [0.3, 0.4) is 0 Å². The second-order valence-corrected chi connectivity index (χ2v) is 6.43. The molecule has 1 saturated heterocycles. The molecule has 0 aliphatic carbocycles. The number of aryl methyl sites for hydroxylation is 1. The van der Waals surface area contributed by atoms with Crippen LogP contribution in [0.2, 0.25) is 0 Å². The molecule has 0 saturated carbocycles. The molecule has 1 amide bonds. The minimum absolute atomic E-state index is 0.104. The Morgan fingerprint density at radius 1 is 1.08 bits per heavy atom. The summed E-state index contributed by atoms with van der Waals surface area (Å²) in [6, 6.07) is 4.93. The Kier molecular flexibility index (Phi) is 5.01. The van der Waals surface area contributed by atoms with Crippen LogP contribution < -0.4 is 9.80 Å². The van der Waals surface area contributed by atoms with E-state index >= 15 is 0 Å². The van der Waals surface area contributed by atoms with Crippen molar-refractivity contribution < 1.29 is 13.6 Å². The van der Waals surface area contributed by atoms with E-state index in [1.165, 1.54) is 6.07 Å². The van der Waals surface area contributed by atoms with Crippen molar-refractivity contribution in [2.24, 2.45) is 0 Å². The van der Waals surface area contributed by atoms with Crippen LogP contribution in [-0.4, -0.2) is 61.0 Å². The lowest BCUT2D eigenvalue weighted by Gasteiger charge is -2.35. The normalized spacial score (nSPS) is 14.5. The number of benzene rings is 1. The number of anilines is 2. The number of carbonyl (C=O) groups excluding carboxylic acids is 1. The molecule has 138 valence electrons. The van der Waals surface area contributed by atoms with Crippen molar-refractivity contribution in [3.63, 3.8) is 0 Å². The van der Waals surface area contributed by atoms with E-state index in [4.69, 9.17) is 0 Å². The molecule has 0 spiro atoms. The third-order valence-corrected chi connectivity index (χ3v) is 4.32. The van der Waals surface area contributed by atoms with Gasteiger partial charge in [-0.2, -0.15) is 0 Å². The lowest BCUT2D eigenvalue weighted by Crippen LogP contribution is -2.49. The van der Waals surface area contributed by atoms with Crippen molar-refractivity contribution in [3.8, 4) is 0 Å². The summed E-state index contributed by atoms with van der Waals surface area (Å²) >= 11 is 0. The predicted molar refractivity (Wildman–Crippen MR) is 95.6 cm³/mol. The number of rotatable bonds is 3. The van der Waals surface area contributed by atoms with Crippen LogP contribution >= 0.6 is 0 Å². The molecule has 2 aromatic rings. The van der Waals surface area contributed by atoms with Crippen molar-refractivity contribution in [1.29, 1.82) is 0 Å². The standard InChI is InChI=1S/C18H21F2N5O/c1-12-21-16(23(2)3)11-17(22-12)24-6-8-25(9-7-24)18(26)14-5-4-13(19)10-15(14)20/h4-5,10-11H,6-9H2,1-3H3. The summed E-state index contributed by atoms with van der Waals surface area (Å²) in [6.45, 7) is 3.88. The van der Waals surface area contributed by atoms with Gasteiger partial charge in [-0.25, -0.2) is 18.7 Å². The summed E-state index contributed by atoms with van der Waals surface area (Å²) in [5.41, 5.74) is -0.104. The Bertz CT molecular complexity index is 819. The number of carbonyl (C=O) groups is 1. The van der Waals surface area contributed by atoms with E-state index in [1.54, 1.807) is 4.90 Å². The van der Waals surface area contributed by atoms with E-state index < -0.39 is 17.5 Å². The molecular formula is C18H21F2N5O. The van der Waals surface area contributed by atoms with Gasteiger partial charge in [-0.3, -0.25) is 4.79 Å². The highest BCUT2D eigenvalue weighted by Crippen LogP contribution is 2.20. The van der Waals surface area contributed by atoms with Crippen molar-refractivity contribution in [2.45, 2.75) is 6.92 Å². The van der Waals surface area contributed by atoms with Crippen LogP contribution in [0.15, 0.2) is 24.3 Å². The maximum absolute atomic E-state index is 13.8. The second kappa shape index (κ2) is 7.23. The highest BCUT2D eigenvalue weighted by molar-refractivity contribution is 5.94. The lowest BCUT2D eigenvalue weighted by atomic mass is 10.1. The van der Waals surface area contributed by atoms with Crippen LogP contribution in [0, 0.1) is 18.6 Å². The topological polar surface area (TPSA) is 52.6 Å². The van der Waals surface area contributed by atoms with Gasteiger partial charge in [-0.1, -0.05) is 0 Å². The molecular weight excluding hydrogens is 340 g/mol. The van der Waals surface area contributed by atoms with Crippen LogP contribution in [0.25, 0.3) is 0 Å². The molecule has 3 rings (SSSR count). The van der Waals surface area contributed by atoms with Gasteiger partial charge in [0, 0.05) is 52.4 Å². The minimum atomic E-state index is -0.834. The fourth-order valence-electron chi connectivity index (χ4n) is 2.90. The first kappa shape index (κ1) is 18.0. The van der Waals surface area contributed by atoms with Crippen molar-refractivity contribution >= 4 is 17.5 Å². The Labute approximate surface area is 151 Å². The Hall–Kier alpha value is -2.77. The van der Waals surface area contributed by atoms with Gasteiger partial charge < -0.3 is 14.7 Å². The van der Waals surface area contributed by atoms with Gasteiger partial charge in [-0.15, -0.1) is 0 Å². The molecule has 2 heterocycles. The van der Waals surface area contributed by atoms with E-state index in [2.05, 4.69) is 14.9 Å². The van der Waals surface area contributed by atoms with E-state index in [-0.39, 0.29) is 5.56 Å². The average molecular weight is 361 g/mol. The van der Waals surface area contributed by atoms with Crippen LogP contribution in [-0.2, 0) is 0 Å². The van der Waals surface area contributed by atoms with Gasteiger partial charge in [0.05, 0.1) is 5.56 Å². The summed E-state index contributed by atoms with van der Waals surface area (Å²) in [7, 11) is 3.83. The molecule has 1 fully saturated rings. The second-order valence-electron chi connectivity index (χ2n) is 6.43. The van der Waals surface area contributed by atoms with Gasteiger partial charge >= 0.3 is 0 Å². The van der Waals surface area contributed by atoms with Gasteiger partial charge in [0.1, 0.15) is 29.1 Å². The van der Waals surface area contributed by atoms with E-state index in [0.717, 1.165) is 23.8 Å². The quantitative estimate of drug-likeness (QED) is 0.838. The summed E-state index contributed by atoms with van der Waals surface area (Å²) in [6.07, 6.45) is 0. The molecule has 0 unspecified atom stereocenters. The number of aromatic nitrogens is 2. The molecule has 0 radical (unpaired) electrons. The average Bonchev–Trinajstić information content (AvgIpc) is 2.61. The number of nitrogens with zero attached hydrogens (tertiary/aromatic N) is 5. The Balaban J connectivity index is 1.70. The molecule has 6 nitrogen and oxygen atoms in total. The zero-order valence-electron chi connectivity index (χ0n) is 15.0. The van der Waals surface area contributed by atoms with Gasteiger partial charge in [0.25, 0.3) is 5.91 Å². The summed E-state index contributed by atoms with van der Waals surface area (Å²) < 4.78 is 26.9. The van der Waals surface area contributed by atoms with Gasteiger partial charge in [-0.05, 0) is 19.1 Å². The fraction of sp³-hybridized carbons (Fsp3) is 0.389. The first-order valence-electron chi connectivity index (χ1n) is 8.37. The maximum atomic E-state index is 13.8. The van der Waals surface area contributed by atoms with Gasteiger partial charge in [0.15, 0.2) is 0 Å². The van der Waals surface area contributed by atoms with Crippen molar-refractivity contribution in [2.75, 3.05) is 50.1 Å². The number of halogens is 2. The Morgan fingerprint density at radius 2 is 1.77 bits per heavy atom. The number of amides is 1. The van der Waals surface area contributed by atoms with E-state index in [0.29, 0.717) is 32.0 Å². The van der Waals surface area contributed by atoms with E-state index in [1.807, 2.05) is 32.0 Å². The van der Waals surface area contributed by atoms with Crippen LogP contribution in [0.1, 0.15) is 16.2 Å². The highest BCUT2D eigenvalue weighted by Gasteiger charge is 2.25. The lowest BCUT2D eigenvalue weighted by molar-refractivity contribution is 0.0741. The summed E-state index contributed by atoms with van der Waals surface area (Å²) in [5, 5.41) is 0. The monoisotopic (exact) mass is 361 g/mol. The zero-order valence-corrected chi connectivity index (χ0v) is 15.0. The summed E-state index contributed by atoms with van der Waals surface area (Å²) in [4.78, 5) is 26.9. The van der Waals surface area contributed by atoms with Crippen molar-refractivity contribution in [3.05, 3.63) is 47.3 Å². The first-order valence-corrected chi connectivity index (χ1v) is 8.37. The maximum Gasteiger partial charge on any atom is 0.256 e. The molecule has 26 heavy (non-hydrogen) atoms. The Morgan fingerprint density at radius 3 is 2.38 bits per heavy atom. The highest BCUT2D eigenvalue weighted by atomic mass is 19.1. The number of hydrogen-bond acceptors (Lipinski definition) is 5. The molecule has 1 aromatic carbocycles. The number of hydrogen-bond donors (Lipinski definition) is 0. The molecule has 0 atom stereocenters. The summed E-state index contributed by atoms with van der Waals surface area (Å²) in [5.74, 6) is 0.355. The third-order valence-electron chi connectivity index (χ3n) is 4.32. The molecule has 0 bridgehead atoms. The predicted octanol–water partition coefficient (Wildman–Crippen LogP) is 2.09. The zero-order chi connectivity index (χ0) is 18.8. The molecule has 0 N–H and O–H groups in total. The minimum Gasteiger partial charge on any atom is -0.363 e. The first-order chi connectivity index (χ1) is 12.3. The van der Waals surface area contributed by atoms with Crippen LogP contribution in [0.5, 0.6) is 0 Å². The number of piperazine rings is 1. The van der Waals surface area contributed by atoms with Gasteiger partial charge in [0.2, 0.25) is 0 Å². The molecule has 1 aromatic heterocycles. The van der Waals surface area contributed by atoms with Crippen molar-refractivity contribution in [1.82, 2.24) is 14.9 Å². The molecule has 1 aliphatic heterocycles.